The maximum atomic E-state index is 13.9. The van der Waals surface area contributed by atoms with Crippen molar-refractivity contribution in [1.82, 2.24) is 35.9 Å². The quantitative estimate of drug-likeness (QED) is 0.307. The van der Waals surface area contributed by atoms with Gasteiger partial charge in [0.1, 0.15) is 23.8 Å². The summed E-state index contributed by atoms with van der Waals surface area (Å²) in [6.45, 7) is 4.46. The maximum absolute atomic E-state index is 13.9. The average Bonchev–Trinajstić information content (AvgIpc) is 3.32. The summed E-state index contributed by atoms with van der Waals surface area (Å²) in [4.78, 5) is 68.7. The van der Waals surface area contributed by atoms with Crippen LogP contribution in [-0.2, 0) is 45.5 Å². The van der Waals surface area contributed by atoms with Gasteiger partial charge < -0.3 is 31.3 Å². The monoisotopic (exact) mass is 609 g/mol. The van der Waals surface area contributed by atoms with Crippen molar-refractivity contribution < 1.29 is 29.1 Å². The first-order valence-electron chi connectivity index (χ1n) is 15.2. The highest BCUT2D eigenvalue weighted by Gasteiger charge is 2.34. The van der Waals surface area contributed by atoms with Gasteiger partial charge in [-0.15, -0.1) is 0 Å². The molecule has 0 spiro atoms. The van der Waals surface area contributed by atoms with Crippen LogP contribution in [0.5, 0.6) is 0 Å². The number of carbonyl (C=O) groups is 5. The van der Waals surface area contributed by atoms with Gasteiger partial charge in [0.05, 0.1) is 18.3 Å². The summed E-state index contributed by atoms with van der Waals surface area (Å²) >= 11 is 0. The van der Waals surface area contributed by atoms with Crippen LogP contribution in [0.15, 0.2) is 30.3 Å². The Kier molecular flexibility index (Phi) is 10.7. The van der Waals surface area contributed by atoms with Crippen molar-refractivity contribution in [3.8, 4) is 0 Å². The van der Waals surface area contributed by atoms with Crippen molar-refractivity contribution in [1.29, 1.82) is 0 Å². The lowest BCUT2D eigenvalue weighted by Gasteiger charge is -2.27. The molecule has 0 bridgehead atoms. The van der Waals surface area contributed by atoms with Crippen molar-refractivity contribution in [2.45, 2.75) is 77.1 Å². The minimum absolute atomic E-state index is 0.0341. The second kappa shape index (κ2) is 14.5. The minimum atomic E-state index is -1.32. The zero-order chi connectivity index (χ0) is 32.0. The molecule has 4 rings (SSSR count). The number of nitrogens with one attached hydrogen (secondary N) is 4. The summed E-state index contributed by atoms with van der Waals surface area (Å²) in [7, 11) is 1.70. The van der Waals surface area contributed by atoms with E-state index in [1.807, 2.05) is 6.07 Å². The molecule has 1 saturated heterocycles. The Hall–Kier alpha value is -4.26. The van der Waals surface area contributed by atoms with E-state index in [0.717, 1.165) is 36.1 Å². The number of carbonyl (C=O) groups excluding carboxylic acids is 5. The van der Waals surface area contributed by atoms with Crippen molar-refractivity contribution in [3.63, 3.8) is 0 Å². The van der Waals surface area contributed by atoms with Crippen LogP contribution >= 0.6 is 0 Å². The SMILES string of the molecule is CC(C)[C@H]1NC(=O)CN(C(=O)c2c3c(nn2C)CCCC3)CCNC(=O)[C@H]([C@@H](C)O)NC(=O)[C@H](Cc2ccccc2)NC1=O. The lowest BCUT2D eigenvalue weighted by atomic mass is 9.95. The number of aliphatic hydroxyl groups excluding tert-OH is 1. The number of rotatable bonds is 5. The topological polar surface area (TPSA) is 175 Å². The smallest absolute Gasteiger partial charge is 0.272 e. The fourth-order valence-corrected chi connectivity index (χ4v) is 5.68. The molecular formula is C31H43N7O6. The lowest BCUT2D eigenvalue weighted by molar-refractivity contribution is -0.135. The van der Waals surface area contributed by atoms with E-state index in [0.29, 0.717) is 12.1 Å². The van der Waals surface area contributed by atoms with Gasteiger partial charge in [-0.2, -0.15) is 5.10 Å². The van der Waals surface area contributed by atoms with Crippen molar-refractivity contribution in [2.24, 2.45) is 13.0 Å². The van der Waals surface area contributed by atoms with Crippen LogP contribution in [0.2, 0.25) is 0 Å². The van der Waals surface area contributed by atoms with Crippen LogP contribution in [0.1, 0.15) is 60.9 Å². The molecule has 0 saturated carbocycles. The minimum Gasteiger partial charge on any atom is -0.391 e. The molecule has 238 valence electrons. The number of aromatic nitrogens is 2. The molecule has 5 N–H and O–H groups in total. The summed E-state index contributed by atoms with van der Waals surface area (Å²) in [6.07, 6.45) is 2.25. The predicted octanol–water partition coefficient (Wildman–Crippen LogP) is -0.395. The number of aryl methyl sites for hydroxylation is 2. The summed E-state index contributed by atoms with van der Waals surface area (Å²) in [5.41, 5.74) is 2.90. The highest BCUT2D eigenvalue weighted by atomic mass is 16.3. The number of hydrogen-bond donors (Lipinski definition) is 5. The van der Waals surface area contributed by atoms with Gasteiger partial charge >= 0.3 is 0 Å². The molecule has 0 radical (unpaired) electrons. The third-order valence-electron chi connectivity index (χ3n) is 8.07. The third-order valence-corrected chi connectivity index (χ3v) is 8.07. The molecule has 1 aliphatic carbocycles. The van der Waals surface area contributed by atoms with Crippen LogP contribution in [0.25, 0.3) is 0 Å². The molecule has 1 aliphatic heterocycles. The van der Waals surface area contributed by atoms with E-state index in [9.17, 15) is 29.1 Å². The molecule has 2 aromatic rings. The molecule has 1 aromatic carbocycles. The van der Waals surface area contributed by atoms with Crippen LogP contribution in [-0.4, -0.2) is 93.2 Å². The molecule has 5 amide bonds. The second-order valence-corrected chi connectivity index (χ2v) is 11.9. The van der Waals surface area contributed by atoms with Gasteiger partial charge in [0.15, 0.2) is 0 Å². The summed E-state index contributed by atoms with van der Waals surface area (Å²) in [5.74, 6) is -3.23. The molecule has 44 heavy (non-hydrogen) atoms. The molecule has 0 unspecified atom stereocenters. The van der Waals surface area contributed by atoms with E-state index >= 15 is 0 Å². The van der Waals surface area contributed by atoms with Gasteiger partial charge in [-0.1, -0.05) is 44.2 Å². The lowest BCUT2D eigenvalue weighted by Crippen LogP contribution is -2.60. The molecule has 13 heteroatoms. The van der Waals surface area contributed by atoms with Gasteiger partial charge in [-0.25, -0.2) is 0 Å². The zero-order valence-corrected chi connectivity index (χ0v) is 25.8. The van der Waals surface area contributed by atoms with Crippen LogP contribution < -0.4 is 21.3 Å². The fourth-order valence-electron chi connectivity index (χ4n) is 5.68. The number of aliphatic hydroxyl groups is 1. The first-order valence-corrected chi connectivity index (χ1v) is 15.2. The largest absolute Gasteiger partial charge is 0.391 e. The number of fused-ring (bicyclic) bond motifs is 1. The molecule has 1 fully saturated rings. The second-order valence-electron chi connectivity index (χ2n) is 11.9. The van der Waals surface area contributed by atoms with Crippen LogP contribution in [0, 0.1) is 5.92 Å². The van der Waals surface area contributed by atoms with Crippen LogP contribution in [0.4, 0.5) is 0 Å². The maximum Gasteiger partial charge on any atom is 0.272 e. The molecule has 2 heterocycles. The fraction of sp³-hybridized carbons (Fsp3) is 0.548. The van der Waals surface area contributed by atoms with Crippen molar-refractivity contribution in [2.75, 3.05) is 19.6 Å². The third kappa shape index (κ3) is 7.81. The molecular weight excluding hydrogens is 566 g/mol. The first-order chi connectivity index (χ1) is 21.0. The van der Waals surface area contributed by atoms with Gasteiger partial charge in [0.25, 0.3) is 5.91 Å². The highest BCUT2D eigenvalue weighted by Crippen LogP contribution is 2.24. The van der Waals surface area contributed by atoms with Gasteiger partial charge in [0.2, 0.25) is 23.6 Å². The Balaban J connectivity index is 1.65. The standard InChI is InChI=1S/C31H43N7O6/c1-18(2)25-30(43)33-23(16-20-10-6-5-7-11-20)28(41)35-26(19(3)39)29(42)32-14-15-38(17-24(40)34-25)31(44)27-21-12-8-9-13-22(21)36-37(27)4/h5-7,10-11,18-19,23,25-26,39H,8-9,12-17H2,1-4H3,(H,32,42)(H,33,43)(H,34,40)(H,35,41)/t19-,23+,25-,26+/m1/s1. The Morgan fingerprint density at radius 2 is 1.66 bits per heavy atom. The molecule has 13 nitrogen and oxygen atoms in total. The van der Waals surface area contributed by atoms with E-state index < -0.39 is 53.8 Å². The van der Waals surface area contributed by atoms with Gasteiger partial charge in [0, 0.05) is 32.1 Å². The number of nitrogens with zero attached hydrogens (tertiary/aromatic N) is 3. The van der Waals surface area contributed by atoms with Crippen molar-refractivity contribution >= 4 is 29.5 Å². The number of benzene rings is 1. The first kappa shape index (κ1) is 32.6. The van der Waals surface area contributed by atoms with Crippen molar-refractivity contribution in [3.05, 3.63) is 52.8 Å². The van der Waals surface area contributed by atoms with E-state index in [1.165, 1.54) is 11.8 Å². The predicted molar refractivity (Wildman–Crippen MR) is 161 cm³/mol. The summed E-state index contributed by atoms with van der Waals surface area (Å²) < 4.78 is 1.54. The Morgan fingerprint density at radius 3 is 2.34 bits per heavy atom. The van der Waals surface area contributed by atoms with E-state index in [-0.39, 0.29) is 32.0 Å². The van der Waals surface area contributed by atoms with E-state index in [2.05, 4.69) is 26.4 Å². The van der Waals surface area contributed by atoms with E-state index in [1.54, 1.807) is 49.8 Å². The average molecular weight is 610 g/mol. The molecule has 4 atom stereocenters. The normalized spacial score (nSPS) is 23.0. The molecule has 2 aliphatic rings. The Morgan fingerprint density at radius 1 is 0.955 bits per heavy atom. The van der Waals surface area contributed by atoms with Crippen LogP contribution in [0.3, 0.4) is 0 Å². The van der Waals surface area contributed by atoms with Gasteiger partial charge in [-0.3, -0.25) is 28.7 Å². The Bertz CT molecular complexity index is 1370. The molecule has 1 aromatic heterocycles. The number of amides is 5. The number of hydrogen-bond acceptors (Lipinski definition) is 7. The highest BCUT2D eigenvalue weighted by molar-refractivity contribution is 5.98. The van der Waals surface area contributed by atoms with E-state index in [4.69, 9.17) is 0 Å². The zero-order valence-electron chi connectivity index (χ0n) is 25.8. The summed E-state index contributed by atoms with van der Waals surface area (Å²) in [6, 6.07) is 5.62. The van der Waals surface area contributed by atoms with Gasteiger partial charge in [-0.05, 0) is 44.1 Å². The summed E-state index contributed by atoms with van der Waals surface area (Å²) in [5, 5.41) is 25.7. The Labute approximate surface area is 257 Å².